The van der Waals surface area contributed by atoms with Crippen LogP contribution >= 0.6 is 11.6 Å². The zero-order chi connectivity index (χ0) is 12.6. The SMILES string of the molecule is Cc1cc(C(=O)c2ccc(C)c(Cl)c2)n(C)n1. The molecule has 1 aromatic carbocycles. The number of benzene rings is 1. The summed E-state index contributed by atoms with van der Waals surface area (Å²) < 4.78 is 1.59. The maximum Gasteiger partial charge on any atom is 0.211 e. The smallest absolute Gasteiger partial charge is 0.211 e. The Morgan fingerprint density at radius 2 is 2.00 bits per heavy atom. The summed E-state index contributed by atoms with van der Waals surface area (Å²) in [6, 6.07) is 7.10. The molecule has 3 nitrogen and oxygen atoms in total. The molecule has 0 radical (unpaired) electrons. The van der Waals surface area contributed by atoms with Crippen molar-refractivity contribution in [1.29, 1.82) is 0 Å². The van der Waals surface area contributed by atoms with E-state index in [2.05, 4.69) is 5.10 Å². The van der Waals surface area contributed by atoms with Crippen LogP contribution in [0.3, 0.4) is 0 Å². The normalized spacial score (nSPS) is 10.6. The lowest BCUT2D eigenvalue weighted by Gasteiger charge is -2.03. The molecular weight excluding hydrogens is 236 g/mol. The lowest BCUT2D eigenvalue weighted by molar-refractivity contribution is 0.103. The highest BCUT2D eigenvalue weighted by Crippen LogP contribution is 2.19. The van der Waals surface area contributed by atoms with E-state index in [4.69, 9.17) is 11.6 Å². The third-order valence-electron chi connectivity index (χ3n) is 2.67. The molecule has 17 heavy (non-hydrogen) atoms. The first kappa shape index (κ1) is 11.9. The van der Waals surface area contributed by atoms with Crippen molar-refractivity contribution >= 4 is 17.4 Å². The molecule has 0 N–H and O–H groups in total. The van der Waals surface area contributed by atoms with Gasteiger partial charge in [-0.15, -0.1) is 0 Å². The fourth-order valence-electron chi connectivity index (χ4n) is 1.71. The molecule has 0 bridgehead atoms. The Morgan fingerprint density at radius 1 is 1.29 bits per heavy atom. The first-order chi connectivity index (χ1) is 7.99. The van der Waals surface area contributed by atoms with Crippen LogP contribution in [0.15, 0.2) is 24.3 Å². The van der Waals surface area contributed by atoms with Gasteiger partial charge in [-0.2, -0.15) is 5.10 Å². The van der Waals surface area contributed by atoms with Crippen molar-refractivity contribution in [1.82, 2.24) is 9.78 Å². The molecule has 88 valence electrons. The molecule has 0 amide bonds. The van der Waals surface area contributed by atoms with Crippen LogP contribution in [0.2, 0.25) is 5.02 Å². The second-order valence-electron chi connectivity index (χ2n) is 4.09. The summed E-state index contributed by atoms with van der Waals surface area (Å²) in [5, 5.41) is 4.77. The number of nitrogens with zero attached hydrogens (tertiary/aromatic N) is 2. The van der Waals surface area contributed by atoms with Crippen LogP contribution in [0.1, 0.15) is 27.3 Å². The van der Waals surface area contributed by atoms with Crippen molar-refractivity contribution in [3.63, 3.8) is 0 Å². The average Bonchev–Trinajstić information content (AvgIpc) is 2.61. The standard InChI is InChI=1S/C13H13ClN2O/c1-8-4-5-10(7-11(8)14)13(17)12-6-9(2)15-16(12)3/h4-7H,1-3H3. The third-order valence-corrected chi connectivity index (χ3v) is 3.08. The van der Waals surface area contributed by atoms with Gasteiger partial charge in [-0.1, -0.05) is 23.7 Å². The second kappa shape index (κ2) is 4.34. The van der Waals surface area contributed by atoms with Crippen LogP contribution in [0, 0.1) is 13.8 Å². The Hall–Kier alpha value is -1.61. The number of aromatic nitrogens is 2. The lowest BCUT2D eigenvalue weighted by atomic mass is 10.1. The maximum atomic E-state index is 12.2. The lowest BCUT2D eigenvalue weighted by Crippen LogP contribution is -2.08. The summed E-state index contributed by atoms with van der Waals surface area (Å²) in [7, 11) is 1.76. The van der Waals surface area contributed by atoms with Gasteiger partial charge in [0.2, 0.25) is 5.78 Å². The van der Waals surface area contributed by atoms with Gasteiger partial charge < -0.3 is 0 Å². The first-order valence-electron chi connectivity index (χ1n) is 5.30. The van der Waals surface area contributed by atoms with Crippen LogP contribution in [0.4, 0.5) is 0 Å². The molecule has 1 aromatic heterocycles. The minimum atomic E-state index is -0.0602. The summed E-state index contributed by atoms with van der Waals surface area (Å²) >= 11 is 6.02. The van der Waals surface area contributed by atoms with Crippen molar-refractivity contribution < 1.29 is 4.79 Å². The van der Waals surface area contributed by atoms with Crippen LogP contribution < -0.4 is 0 Å². The van der Waals surface area contributed by atoms with Gasteiger partial charge >= 0.3 is 0 Å². The number of ketones is 1. The van der Waals surface area contributed by atoms with Crippen molar-refractivity contribution in [2.45, 2.75) is 13.8 Å². The van der Waals surface area contributed by atoms with Gasteiger partial charge in [0.25, 0.3) is 0 Å². The van der Waals surface area contributed by atoms with Gasteiger partial charge in [0.15, 0.2) is 0 Å². The number of carbonyl (C=O) groups excluding carboxylic acids is 1. The van der Waals surface area contributed by atoms with Gasteiger partial charge in [0.1, 0.15) is 5.69 Å². The second-order valence-corrected chi connectivity index (χ2v) is 4.49. The van der Waals surface area contributed by atoms with E-state index >= 15 is 0 Å². The van der Waals surface area contributed by atoms with Crippen molar-refractivity contribution in [3.05, 3.63) is 51.8 Å². The number of hydrogen-bond donors (Lipinski definition) is 0. The molecule has 4 heteroatoms. The Bertz CT molecular complexity index is 587. The molecule has 0 aliphatic carbocycles. The summed E-state index contributed by atoms with van der Waals surface area (Å²) in [6.45, 7) is 3.77. The molecule has 0 unspecified atom stereocenters. The molecule has 0 atom stereocenters. The van der Waals surface area contributed by atoms with E-state index in [-0.39, 0.29) is 5.78 Å². The van der Waals surface area contributed by atoms with Gasteiger partial charge in [-0.3, -0.25) is 9.48 Å². The Morgan fingerprint density at radius 3 is 2.53 bits per heavy atom. The van der Waals surface area contributed by atoms with Crippen LogP contribution in [0.25, 0.3) is 0 Å². The average molecular weight is 249 g/mol. The quantitative estimate of drug-likeness (QED) is 0.766. The highest BCUT2D eigenvalue weighted by Gasteiger charge is 2.14. The zero-order valence-electron chi connectivity index (χ0n) is 9.99. The maximum absolute atomic E-state index is 12.2. The minimum absolute atomic E-state index is 0.0602. The van der Waals surface area contributed by atoms with E-state index < -0.39 is 0 Å². The molecular formula is C13H13ClN2O. The monoisotopic (exact) mass is 248 g/mol. The predicted octanol–water partition coefficient (Wildman–Crippen LogP) is 2.92. The molecule has 2 rings (SSSR count). The molecule has 1 heterocycles. The third kappa shape index (κ3) is 2.24. The van der Waals surface area contributed by atoms with Crippen molar-refractivity contribution in [2.24, 2.45) is 7.05 Å². The van der Waals surface area contributed by atoms with E-state index in [1.54, 1.807) is 29.9 Å². The number of aryl methyl sites for hydroxylation is 3. The topological polar surface area (TPSA) is 34.9 Å². The van der Waals surface area contributed by atoms with E-state index in [1.807, 2.05) is 19.9 Å². The fourth-order valence-corrected chi connectivity index (χ4v) is 1.89. The van der Waals surface area contributed by atoms with Gasteiger partial charge in [0, 0.05) is 17.6 Å². The molecule has 0 aliphatic rings. The Kier molecular flexibility index (Phi) is 3.03. The number of rotatable bonds is 2. The predicted molar refractivity (Wildman–Crippen MR) is 67.6 cm³/mol. The number of halogens is 1. The minimum Gasteiger partial charge on any atom is -0.287 e. The summed E-state index contributed by atoms with van der Waals surface area (Å²) in [5.74, 6) is -0.0602. The van der Waals surface area contributed by atoms with Crippen LogP contribution in [-0.4, -0.2) is 15.6 Å². The summed E-state index contributed by atoms with van der Waals surface area (Å²) in [6.07, 6.45) is 0. The zero-order valence-corrected chi connectivity index (χ0v) is 10.7. The van der Waals surface area contributed by atoms with Crippen molar-refractivity contribution in [3.8, 4) is 0 Å². The van der Waals surface area contributed by atoms with E-state index in [9.17, 15) is 4.79 Å². The fraction of sp³-hybridized carbons (Fsp3) is 0.231. The summed E-state index contributed by atoms with van der Waals surface area (Å²) in [5.41, 5.74) is 2.95. The van der Waals surface area contributed by atoms with E-state index in [0.29, 0.717) is 16.3 Å². The Labute approximate surface area is 105 Å². The van der Waals surface area contributed by atoms with Crippen LogP contribution in [-0.2, 0) is 7.05 Å². The van der Waals surface area contributed by atoms with Gasteiger partial charge in [-0.25, -0.2) is 0 Å². The highest BCUT2D eigenvalue weighted by molar-refractivity contribution is 6.31. The molecule has 0 spiro atoms. The molecule has 0 aliphatic heterocycles. The molecule has 2 aromatic rings. The number of carbonyl (C=O) groups is 1. The van der Waals surface area contributed by atoms with Gasteiger partial charge in [0.05, 0.1) is 5.69 Å². The largest absolute Gasteiger partial charge is 0.287 e. The first-order valence-corrected chi connectivity index (χ1v) is 5.68. The molecule has 0 saturated heterocycles. The van der Waals surface area contributed by atoms with E-state index in [1.165, 1.54) is 0 Å². The Balaban J connectivity index is 2.44. The molecule has 0 fully saturated rings. The van der Waals surface area contributed by atoms with E-state index in [0.717, 1.165) is 11.3 Å². The highest BCUT2D eigenvalue weighted by atomic mass is 35.5. The van der Waals surface area contributed by atoms with Crippen molar-refractivity contribution in [2.75, 3.05) is 0 Å². The number of hydrogen-bond acceptors (Lipinski definition) is 2. The molecule has 0 saturated carbocycles. The van der Waals surface area contributed by atoms with Gasteiger partial charge in [-0.05, 0) is 31.5 Å². The van der Waals surface area contributed by atoms with Crippen LogP contribution in [0.5, 0.6) is 0 Å². The summed E-state index contributed by atoms with van der Waals surface area (Å²) in [4.78, 5) is 12.2.